The molecule has 1 aromatic carbocycles. The maximum absolute atomic E-state index is 5.59. The Morgan fingerprint density at radius 3 is 2.70 bits per heavy atom. The van der Waals surface area contributed by atoms with Crippen molar-refractivity contribution in [2.75, 3.05) is 13.7 Å². The van der Waals surface area contributed by atoms with Crippen molar-refractivity contribution in [1.82, 2.24) is 5.32 Å². The van der Waals surface area contributed by atoms with E-state index in [0.717, 1.165) is 12.3 Å². The second-order valence-electron chi connectivity index (χ2n) is 6.62. The van der Waals surface area contributed by atoms with Crippen molar-refractivity contribution in [2.24, 2.45) is 11.3 Å². The van der Waals surface area contributed by atoms with Gasteiger partial charge in [0, 0.05) is 11.6 Å². The molecule has 2 unspecified atom stereocenters. The summed E-state index contributed by atoms with van der Waals surface area (Å²) in [6, 6.07) is 8.87. The van der Waals surface area contributed by atoms with E-state index in [0.29, 0.717) is 17.4 Å². The van der Waals surface area contributed by atoms with E-state index < -0.39 is 0 Å². The first-order valence-electron chi connectivity index (χ1n) is 7.96. The van der Waals surface area contributed by atoms with Crippen LogP contribution in [-0.2, 0) is 0 Å². The molecule has 2 atom stereocenters. The Morgan fingerprint density at radius 2 is 2.05 bits per heavy atom. The number of methoxy groups -OCH3 is 1. The lowest BCUT2D eigenvalue weighted by Gasteiger charge is -2.44. The number of nitrogens with one attached hydrogen (secondary N) is 1. The minimum Gasteiger partial charge on any atom is -0.496 e. The molecule has 0 saturated heterocycles. The van der Waals surface area contributed by atoms with Gasteiger partial charge in [-0.15, -0.1) is 0 Å². The van der Waals surface area contributed by atoms with Crippen LogP contribution in [0.4, 0.5) is 0 Å². The predicted molar refractivity (Wildman–Crippen MR) is 85.2 cm³/mol. The molecular formula is C18H29NO. The molecule has 0 spiro atoms. The number of rotatable bonds is 5. The van der Waals surface area contributed by atoms with E-state index >= 15 is 0 Å². The molecule has 0 heterocycles. The normalized spacial score (nSPS) is 23.3. The highest BCUT2D eigenvalue weighted by Gasteiger charge is 2.38. The van der Waals surface area contributed by atoms with Gasteiger partial charge in [-0.05, 0) is 36.8 Å². The predicted octanol–water partition coefficient (Wildman–Crippen LogP) is 4.56. The molecule has 0 aliphatic heterocycles. The monoisotopic (exact) mass is 275 g/mol. The van der Waals surface area contributed by atoms with Crippen LogP contribution < -0.4 is 10.1 Å². The second kappa shape index (κ2) is 6.62. The molecule has 2 heteroatoms. The molecule has 2 rings (SSSR count). The molecule has 1 aromatic rings. The van der Waals surface area contributed by atoms with Crippen molar-refractivity contribution in [3.05, 3.63) is 29.8 Å². The molecule has 1 saturated carbocycles. The highest BCUT2D eigenvalue weighted by Crippen LogP contribution is 2.48. The maximum atomic E-state index is 5.59. The van der Waals surface area contributed by atoms with E-state index in [9.17, 15) is 0 Å². The summed E-state index contributed by atoms with van der Waals surface area (Å²) in [7, 11) is 1.77. The Labute approximate surface area is 123 Å². The van der Waals surface area contributed by atoms with Gasteiger partial charge >= 0.3 is 0 Å². The Hall–Kier alpha value is -1.02. The highest BCUT2D eigenvalue weighted by molar-refractivity contribution is 5.36. The zero-order valence-corrected chi connectivity index (χ0v) is 13.4. The van der Waals surface area contributed by atoms with Crippen LogP contribution in [0.3, 0.4) is 0 Å². The summed E-state index contributed by atoms with van der Waals surface area (Å²) in [5, 5.41) is 3.72. The van der Waals surface area contributed by atoms with Gasteiger partial charge in [0.05, 0.1) is 7.11 Å². The molecule has 1 aliphatic rings. The number of para-hydroxylation sites is 1. The summed E-state index contributed by atoms with van der Waals surface area (Å²) in [4.78, 5) is 0. The minimum atomic E-state index is 0.395. The van der Waals surface area contributed by atoms with E-state index in [2.05, 4.69) is 50.4 Å². The third-order valence-electron chi connectivity index (χ3n) is 4.89. The average Bonchev–Trinajstić information content (AvgIpc) is 2.45. The molecular weight excluding hydrogens is 246 g/mol. The molecule has 0 aromatic heterocycles. The van der Waals surface area contributed by atoms with Gasteiger partial charge in [-0.25, -0.2) is 0 Å². The molecule has 1 N–H and O–H groups in total. The van der Waals surface area contributed by atoms with Gasteiger partial charge < -0.3 is 10.1 Å². The largest absolute Gasteiger partial charge is 0.496 e. The highest BCUT2D eigenvalue weighted by atomic mass is 16.5. The lowest BCUT2D eigenvalue weighted by molar-refractivity contribution is 0.0978. The SMILES string of the molecule is CCNC(c1ccccc1OC)C1CCCCC1(C)C. The van der Waals surface area contributed by atoms with Crippen molar-refractivity contribution < 1.29 is 4.74 Å². The van der Waals surface area contributed by atoms with E-state index in [1.165, 1.54) is 31.2 Å². The number of ether oxygens (including phenoxy) is 1. The van der Waals surface area contributed by atoms with Crippen molar-refractivity contribution >= 4 is 0 Å². The Bertz CT molecular complexity index is 427. The molecule has 0 bridgehead atoms. The summed E-state index contributed by atoms with van der Waals surface area (Å²) in [5.41, 5.74) is 1.71. The van der Waals surface area contributed by atoms with Gasteiger partial charge in [-0.3, -0.25) is 0 Å². The third kappa shape index (κ3) is 3.17. The van der Waals surface area contributed by atoms with Crippen LogP contribution >= 0.6 is 0 Å². The van der Waals surface area contributed by atoms with Crippen molar-refractivity contribution in [2.45, 2.75) is 52.5 Å². The molecule has 2 nitrogen and oxygen atoms in total. The van der Waals surface area contributed by atoms with E-state index in [4.69, 9.17) is 4.74 Å². The summed E-state index contributed by atoms with van der Waals surface area (Å²) in [6.45, 7) is 8.04. The van der Waals surface area contributed by atoms with E-state index in [1.807, 2.05) is 0 Å². The van der Waals surface area contributed by atoms with Crippen LogP contribution in [-0.4, -0.2) is 13.7 Å². The third-order valence-corrected chi connectivity index (χ3v) is 4.89. The van der Waals surface area contributed by atoms with Crippen molar-refractivity contribution in [3.8, 4) is 5.75 Å². The van der Waals surface area contributed by atoms with Crippen LogP contribution in [0.25, 0.3) is 0 Å². The summed E-state index contributed by atoms with van der Waals surface area (Å²) in [5.74, 6) is 1.69. The van der Waals surface area contributed by atoms with Gasteiger partial charge in [-0.2, -0.15) is 0 Å². The van der Waals surface area contributed by atoms with Crippen molar-refractivity contribution in [1.29, 1.82) is 0 Å². The van der Waals surface area contributed by atoms with Crippen LogP contribution in [0.1, 0.15) is 58.1 Å². The van der Waals surface area contributed by atoms with Crippen LogP contribution in [0.15, 0.2) is 24.3 Å². The first kappa shape index (κ1) is 15.4. The van der Waals surface area contributed by atoms with Crippen molar-refractivity contribution in [3.63, 3.8) is 0 Å². The first-order valence-corrected chi connectivity index (χ1v) is 7.96. The molecule has 0 radical (unpaired) electrons. The Kier molecular flexibility index (Phi) is 5.09. The number of hydrogen-bond acceptors (Lipinski definition) is 2. The quantitative estimate of drug-likeness (QED) is 0.850. The molecule has 0 amide bonds. The molecule has 1 aliphatic carbocycles. The summed E-state index contributed by atoms with van der Waals surface area (Å²) < 4.78 is 5.59. The molecule has 1 fully saturated rings. The van der Waals surface area contributed by atoms with Gasteiger partial charge in [-0.1, -0.05) is 51.8 Å². The molecule has 20 heavy (non-hydrogen) atoms. The second-order valence-corrected chi connectivity index (χ2v) is 6.62. The zero-order valence-electron chi connectivity index (χ0n) is 13.4. The lowest BCUT2D eigenvalue weighted by Crippen LogP contribution is -2.39. The average molecular weight is 275 g/mol. The first-order chi connectivity index (χ1) is 9.60. The summed E-state index contributed by atoms with van der Waals surface area (Å²) >= 11 is 0. The fraction of sp³-hybridized carbons (Fsp3) is 0.667. The van der Waals surface area contributed by atoms with Crippen LogP contribution in [0, 0.1) is 11.3 Å². The molecule has 112 valence electrons. The smallest absolute Gasteiger partial charge is 0.123 e. The fourth-order valence-corrected chi connectivity index (χ4v) is 3.75. The zero-order chi connectivity index (χ0) is 14.6. The van der Waals surface area contributed by atoms with E-state index in [-0.39, 0.29) is 0 Å². The van der Waals surface area contributed by atoms with Gasteiger partial charge in [0.15, 0.2) is 0 Å². The number of benzene rings is 1. The van der Waals surface area contributed by atoms with Gasteiger partial charge in [0.25, 0.3) is 0 Å². The Balaban J connectivity index is 2.34. The van der Waals surface area contributed by atoms with E-state index in [1.54, 1.807) is 7.11 Å². The van der Waals surface area contributed by atoms with Gasteiger partial charge in [0.2, 0.25) is 0 Å². The topological polar surface area (TPSA) is 21.3 Å². The Morgan fingerprint density at radius 1 is 1.30 bits per heavy atom. The minimum absolute atomic E-state index is 0.395. The standard InChI is InChI=1S/C18H29NO/c1-5-19-17(14-10-6-7-12-16(14)20-4)15-11-8-9-13-18(15,2)3/h6-7,10,12,15,17,19H,5,8-9,11,13H2,1-4H3. The van der Waals surface area contributed by atoms with Crippen LogP contribution in [0.2, 0.25) is 0 Å². The van der Waals surface area contributed by atoms with Crippen LogP contribution in [0.5, 0.6) is 5.75 Å². The lowest BCUT2D eigenvalue weighted by atomic mass is 9.64. The maximum Gasteiger partial charge on any atom is 0.123 e. The fourth-order valence-electron chi connectivity index (χ4n) is 3.75. The summed E-state index contributed by atoms with van der Waals surface area (Å²) in [6.07, 6.45) is 5.36. The number of hydrogen-bond donors (Lipinski definition) is 1. The van der Waals surface area contributed by atoms with Gasteiger partial charge in [0.1, 0.15) is 5.75 Å².